The van der Waals surface area contributed by atoms with E-state index in [0.717, 1.165) is 6.08 Å². The average molecular weight is 195 g/mol. The van der Waals surface area contributed by atoms with Crippen molar-refractivity contribution in [3.05, 3.63) is 35.7 Å². The molecule has 1 rings (SSSR count). The van der Waals surface area contributed by atoms with E-state index in [4.69, 9.17) is 10.5 Å². The number of hydrogen-bond donors (Lipinski definition) is 1. The van der Waals surface area contributed by atoms with Crippen LogP contribution in [0.25, 0.3) is 6.08 Å². The Bertz CT molecular complexity index is 374. The Kier molecular flexibility index (Phi) is 3.23. The normalized spacial score (nSPS) is 10.4. The summed E-state index contributed by atoms with van der Waals surface area (Å²) < 4.78 is 18.0. The third-order valence-electron chi connectivity index (χ3n) is 1.63. The number of primary amides is 1. The first-order chi connectivity index (χ1) is 6.63. The maximum absolute atomic E-state index is 13.2. The zero-order valence-corrected chi connectivity index (χ0v) is 7.66. The zero-order valence-electron chi connectivity index (χ0n) is 7.66. The lowest BCUT2D eigenvalue weighted by molar-refractivity contribution is -0.113. The molecule has 0 spiro atoms. The van der Waals surface area contributed by atoms with Gasteiger partial charge in [0.05, 0.1) is 7.11 Å². The van der Waals surface area contributed by atoms with Crippen molar-refractivity contribution in [3.63, 3.8) is 0 Å². The Labute approximate surface area is 81.0 Å². The number of benzene rings is 1. The van der Waals surface area contributed by atoms with Crippen molar-refractivity contribution in [3.8, 4) is 5.75 Å². The summed E-state index contributed by atoms with van der Waals surface area (Å²) in [6, 6.07) is 4.35. The molecule has 0 saturated heterocycles. The van der Waals surface area contributed by atoms with Crippen LogP contribution in [-0.2, 0) is 4.79 Å². The van der Waals surface area contributed by atoms with E-state index in [2.05, 4.69) is 0 Å². The van der Waals surface area contributed by atoms with Crippen molar-refractivity contribution >= 4 is 12.0 Å². The van der Waals surface area contributed by atoms with Gasteiger partial charge in [0.2, 0.25) is 5.91 Å². The predicted molar refractivity (Wildman–Crippen MR) is 51.2 cm³/mol. The lowest BCUT2D eigenvalue weighted by Gasteiger charge is -2.01. The van der Waals surface area contributed by atoms with Crippen molar-refractivity contribution in [2.45, 2.75) is 0 Å². The summed E-state index contributed by atoms with van der Waals surface area (Å²) in [5, 5.41) is 0. The molecule has 0 heterocycles. The SMILES string of the molecule is COc1ccc(C=CC(N)=O)c(F)c1. The molecule has 4 heteroatoms. The summed E-state index contributed by atoms with van der Waals surface area (Å²) in [5.41, 5.74) is 5.17. The molecule has 1 aromatic rings. The highest BCUT2D eigenvalue weighted by Crippen LogP contribution is 2.16. The van der Waals surface area contributed by atoms with E-state index < -0.39 is 11.7 Å². The molecule has 0 aliphatic rings. The minimum absolute atomic E-state index is 0.296. The second-order valence-electron chi connectivity index (χ2n) is 2.62. The molecule has 14 heavy (non-hydrogen) atoms. The molecule has 0 fully saturated rings. The number of amides is 1. The molecule has 0 radical (unpaired) electrons. The van der Waals surface area contributed by atoms with E-state index >= 15 is 0 Å². The van der Waals surface area contributed by atoms with Crippen molar-refractivity contribution in [2.24, 2.45) is 5.73 Å². The molecule has 2 N–H and O–H groups in total. The zero-order chi connectivity index (χ0) is 10.6. The second kappa shape index (κ2) is 4.41. The highest BCUT2D eigenvalue weighted by molar-refractivity contribution is 5.90. The van der Waals surface area contributed by atoms with Gasteiger partial charge >= 0.3 is 0 Å². The molecule has 0 bridgehead atoms. The van der Waals surface area contributed by atoms with Gasteiger partial charge in [-0.25, -0.2) is 4.39 Å². The highest BCUT2D eigenvalue weighted by atomic mass is 19.1. The molecule has 0 aliphatic heterocycles. The molecule has 1 aromatic carbocycles. The Morgan fingerprint density at radius 3 is 2.79 bits per heavy atom. The summed E-state index contributed by atoms with van der Waals surface area (Å²) in [5.74, 6) is -0.638. The van der Waals surface area contributed by atoms with Crippen LogP contribution in [-0.4, -0.2) is 13.0 Å². The van der Waals surface area contributed by atoms with Crippen LogP contribution in [0.5, 0.6) is 5.75 Å². The predicted octanol–water partition coefficient (Wildman–Crippen LogP) is 1.33. The molecule has 0 atom stereocenters. The number of carbonyl (C=O) groups is 1. The molecule has 1 amide bonds. The fraction of sp³-hybridized carbons (Fsp3) is 0.100. The Hall–Kier alpha value is -1.84. The third kappa shape index (κ3) is 2.58. The van der Waals surface area contributed by atoms with E-state index in [-0.39, 0.29) is 0 Å². The Balaban J connectivity index is 2.94. The van der Waals surface area contributed by atoms with Gasteiger partial charge in [-0.1, -0.05) is 0 Å². The van der Waals surface area contributed by atoms with Gasteiger partial charge in [-0.2, -0.15) is 0 Å². The van der Waals surface area contributed by atoms with Crippen LogP contribution in [0.1, 0.15) is 5.56 Å². The minimum atomic E-state index is -0.611. The van der Waals surface area contributed by atoms with Gasteiger partial charge in [0.25, 0.3) is 0 Å². The van der Waals surface area contributed by atoms with E-state index in [0.29, 0.717) is 11.3 Å². The number of ether oxygens (including phenoxy) is 1. The van der Waals surface area contributed by atoms with Crippen molar-refractivity contribution < 1.29 is 13.9 Å². The lowest BCUT2D eigenvalue weighted by Crippen LogP contribution is -2.05. The van der Waals surface area contributed by atoms with Gasteiger partial charge in [0.15, 0.2) is 0 Å². The number of nitrogens with two attached hydrogens (primary N) is 1. The number of rotatable bonds is 3. The van der Waals surface area contributed by atoms with Gasteiger partial charge in [-0.05, 0) is 18.2 Å². The van der Waals surface area contributed by atoms with E-state index in [9.17, 15) is 9.18 Å². The van der Waals surface area contributed by atoms with Crippen LogP contribution in [0.2, 0.25) is 0 Å². The van der Waals surface area contributed by atoms with Crippen LogP contribution in [0.4, 0.5) is 4.39 Å². The lowest BCUT2D eigenvalue weighted by atomic mass is 10.2. The van der Waals surface area contributed by atoms with Crippen molar-refractivity contribution in [1.29, 1.82) is 0 Å². The molecule has 0 saturated carbocycles. The van der Waals surface area contributed by atoms with E-state index in [1.165, 1.54) is 25.3 Å². The Morgan fingerprint density at radius 1 is 1.57 bits per heavy atom. The van der Waals surface area contributed by atoms with Crippen molar-refractivity contribution in [1.82, 2.24) is 0 Å². The van der Waals surface area contributed by atoms with Crippen LogP contribution < -0.4 is 10.5 Å². The average Bonchev–Trinajstić information content (AvgIpc) is 2.15. The summed E-state index contributed by atoms with van der Waals surface area (Å²) in [6.07, 6.45) is 2.42. The van der Waals surface area contributed by atoms with Gasteiger partial charge in [-0.3, -0.25) is 4.79 Å². The monoisotopic (exact) mass is 195 g/mol. The quantitative estimate of drug-likeness (QED) is 0.740. The number of halogens is 1. The van der Waals surface area contributed by atoms with E-state index in [1.807, 2.05) is 0 Å². The van der Waals surface area contributed by atoms with Crippen LogP contribution in [0.3, 0.4) is 0 Å². The number of methoxy groups -OCH3 is 1. The van der Waals surface area contributed by atoms with Crippen molar-refractivity contribution in [2.75, 3.05) is 7.11 Å². The molecule has 0 aromatic heterocycles. The maximum Gasteiger partial charge on any atom is 0.241 e. The molecule has 0 aliphatic carbocycles. The number of hydrogen-bond acceptors (Lipinski definition) is 2. The second-order valence-corrected chi connectivity index (χ2v) is 2.62. The van der Waals surface area contributed by atoms with Gasteiger partial charge in [0, 0.05) is 17.7 Å². The topological polar surface area (TPSA) is 52.3 Å². The summed E-state index contributed by atoms with van der Waals surface area (Å²) in [6.45, 7) is 0. The van der Waals surface area contributed by atoms with E-state index in [1.54, 1.807) is 6.07 Å². The molecule has 0 unspecified atom stereocenters. The fourth-order valence-electron chi connectivity index (χ4n) is 0.942. The first-order valence-corrected chi connectivity index (χ1v) is 3.94. The van der Waals surface area contributed by atoms with Gasteiger partial charge < -0.3 is 10.5 Å². The summed E-state index contributed by atoms with van der Waals surface area (Å²) in [4.78, 5) is 10.4. The smallest absolute Gasteiger partial charge is 0.241 e. The molecular weight excluding hydrogens is 185 g/mol. The minimum Gasteiger partial charge on any atom is -0.497 e. The summed E-state index contributed by atoms with van der Waals surface area (Å²) in [7, 11) is 1.45. The molecule has 3 nitrogen and oxygen atoms in total. The van der Waals surface area contributed by atoms with Gasteiger partial charge in [-0.15, -0.1) is 0 Å². The molecule has 74 valence electrons. The fourth-order valence-corrected chi connectivity index (χ4v) is 0.942. The van der Waals surface area contributed by atoms with Crippen LogP contribution in [0, 0.1) is 5.82 Å². The number of carbonyl (C=O) groups excluding carboxylic acids is 1. The first kappa shape index (κ1) is 10.2. The van der Waals surface area contributed by atoms with Crippen LogP contribution in [0.15, 0.2) is 24.3 Å². The molecular formula is C10H10FNO2. The standard InChI is InChI=1S/C10H10FNO2/c1-14-8-4-2-7(9(11)6-8)3-5-10(12)13/h2-6H,1H3,(H2,12,13). The first-order valence-electron chi connectivity index (χ1n) is 3.94. The Morgan fingerprint density at radius 2 is 2.29 bits per heavy atom. The highest BCUT2D eigenvalue weighted by Gasteiger charge is 2.00. The summed E-state index contributed by atoms with van der Waals surface area (Å²) >= 11 is 0. The largest absolute Gasteiger partial charge is 0.497 e. The van der Waals surface area contributed by atoms with Crippen LogP contribution >= 0.6 is 0 Å². The van der Waals surface area contributed by atoms with Gasteiger partial charge in [0.1, 0.15) is 11.6 Å². The third-order valence-corrected chi connectivity index (χ3v) is 1.63. The maximum atomic E-state index is 13.2.